The molecule has 148 valence electrons. The van der Waals surface area contributed by atoms with Gasteiger partial charge in [-0.2, -0.15) is 0 Å². The Balaban J connectivity index is 1.55. The lowest BCUT2D eigenvalue weighted by Crippen LogP contribution is -2.39. The van der Waals surface area contributed by atoms with Crippen LogP contribution < -0.4 is 10.6 Å². The summed E-state index contributed by atoms with van der Waals surface area (Å²) in [5.74, 6) is 0.713. The van der Waals surface area contributed by atoms with Crippen LogP contribution in [0.1, 0.15) is 45.4 Å². The molecule has 0 atom stereocenters. The molecule has 1 aliphatic heterocycles. The summed E-state index contributed by atoms with van der Waals surface area (Å²) < 4.78 is 5.40. The fourth-order valence-electron chi connectivity index (χ4n) is 3.91. The van der Waals surface area contributed by atoms with Crippen LogP contribution in [0.15, 0.2) is 24.3 Å². The third kappa shape index (κ3) is 5.70. The van der Waals surface area contributed by atoms with E-state index in [0.29, 0.717) is 18.2 Å². The van der Waals surface area contributed by atoms with Crippen molar-refractivity contribution in [2.45, 2.75) is 45.4 Å². The zero-order valence-corrected chi connectivity index (χ0v) is 16.2. The van der Waals surface area contributed by atoms with Gasteiger partial charge in [-0.1, -0.05) is 18.9 Å². The normalized spacial score (nSPS) is 18.3. The number of carbonyl (C=O) groups is 2. The number of carbonyl (C=O) groups excluding carboxylic acids is 2. The van der Waals surface area contributed by atoms with Crippen molar-refractivity contribution in [3.05, 3.63) is 24.3 Å². The molecule has 2 aliphatic rings. The van der Waals surface area contributed by atoms with Crippen molar-refractivity contribution < 1.29 is 14.3 Å². The van der Waals surface area contributed by atoms with E-state index in [1.807, 2.05) is 36.1 Å². The van der Waals surface area contributed by atoms with E-state index in [1.165, 1.54) is 0 Å². The van der Waals surface area contributed by atoms with Crippen LogP contribution in [-0.4, -0.2) is 43.1 Å². The zero-order valence-electron chi connectivity index (χ0n) is 16.2. The number of rotatable bonds is 6. The highest BCUT2D eigenvalue weighted by Crippen LogP contribution is 2.26. The molecule has 0 unspecified atom stereocenters. The van der Waals surface area contributed by atoms with Crippen molar-refractivity contribution in [3.8, 4) is 0 Å². The van der Waals surface area contributed by atoms with E-state index in [-0.39, 0.29) is 17.9 Å². The van der Waals surface area contributed by atoms with E-state index in [0.717, 1.165) is 64.0 Å². The Morgan fingerprint density at radius 2 is 1.74 bits per heavy atom. The van der Waals surface area contributed by atoms with Gasteiger partial charge >= 0.3 is 6.03 Å². The molecule has 3 rings (SSSR count). The summed E-state index contributed by atoms with van der Waals surface area (Å²) in [7, 11) is 0. The first-order valence-corrected chi connectivity index (χ1v) is 10.2. The number of hydrogen-bond acceptors (Lipinski definition) is 3. The van der Waals surface area contributed by atoms with Gasteiger partial charge in [0.1, 0.15) is 0 Å². The Kier molecular flexibility index (Phi) is 7.10. The molecule has 6 nitrogen and oxygen atoms in total. The largest absolute Gasteiger partial charge is 0.381 e. The summed E-state index contributed by atoms with van der Waals surface area (Å²) in [6, 6.07) is 7.30. The van der Waals surface area contributed by atoms with Crippen LogP contribution in [-0.2, 0) is 9.53 Å². The van der Waals surface area contributed by atoms with Crippen molar-refractivity contribution in [1.29, 1.82) is 0 Å². The summed E-state index contributed by atoms with van der Waals surface area (Å²) in [4.78, 5) is 26.8. The molecular formula is C21H31N3O3. The Morgan fingerprint density at radius 3 is 2.41 bits per heavy atom. The highest BCUT2D eigenvalue weighted by atomic mass is 16.5. The van der Waals surface area contributed by atoms with Gasteiger partial charge < -0.3 is 20.3 Å². The molecule has 0 radical (unpaired) electrons. The topological polar surface area (TPSA) is 70.7 Å². The van der Waals surface area contributed by atoms with Gasteiger partial charge in [-0.15, -0.1) is 0 Å². The molecule has 1 aromatic carbocycles. The van der Waals surface area contributed by atoms with Gasteiger partial charge in [-0.3, -0.25) is 4.79 Å². The van der Waals surface area contributed by atoms with Gasteiger partial charge in [0.2, 0.25) is 5.91 Å². The Labute approximate surface area is 161 Å². The summed E-state index contributed by atoms with van der Waals surface area (Å²) in [5.41, 5.74) is 1.44. The van der Waals surface area contributed by atoms with Crippen molar-refractivity contribution in [3.63, 3.8) is 0 Å². The average molecular weight is 373 g/mol. The minimum Gasteiger partial charge on any atom is -0.381 e. The van der Waals surface area contributed by atoms with E-state index in [1.54, 1.807) is 0 Å². The predicted molar refractivity (Wildman–Crippen MR) is 107 cm³/mol. The number of amides is 3. The lowest BCUT2D eigenvalue weighted by molar-refractivity contribution is -0.119. The molecule has 0 spiro atoms. The first kappa shape index (κ1) is 19.7. The van der Waals surface area contributed by atoms with Gasteiger partial charge in [0.25, 0.3) is 0 Å². The number of urea groups is 1. The number of nitrogens with one attached hydrogen (secondary N) is 2. The third-order valence-corrected chi connectivity index (χ3v) is 5.60. The monoisotopic (exact) mass is 373 g/mol. The standard InChI is InChI=1S/C21H31N3O3/c1-2-24(15-16-10-12-27-13-11-16)21(26)23-19-9-5-8-18(14-19)22-20(25)17-6-3-4-7-17/h5,8-9,14,16-17H,2-4,6-7,10-13,15H2,1H3,(H,22,25)(H,23,26). The first-order valence-electron chi connectivity index (χ1n) is 10.2. The highest BCUT2D eigenvalue weighted by molar-refractivity contribution is 5.94. The van der Waals surface area contributed by atoms with Gasteiger partial charge in [0, 0.05) is 43.6 Å². The van der Waals surface area contributed by atoms with Crippen molar-refractivity contribution >= 4 is 23.3 Å². The van der Waals surface area contributed by atoms with Gasteiger partial charge in [0.15, 0.2) is 0 Å². The molecule has 1 heterocycles. The van der Waals surface area contributed by atoms with E-state index in [9.17, 15) is 9.59 Å². The Hall–Kier alpha value is -2.08. The summed E-state index contributed by atoms with van der Waals surface area (Å²) in [6.07, 6.45) is 6.22. The molecular weight excluding hydrogens is 342 g/mol. The average Bonchev–Trinajstić information content (AvgIpc) is 3.22. The van der Waals surface area contributed by atoms with Crippen LogP contribution in [0.5, 0.6) is 0 Å². The number of nitrogens with zero attached hydrogens (tertiary/aromatic N) is 1. The second-order valence-corrected chi connectivity index (χ2v) is 7.58. The zero-order chi connectivity index (χ0) is 19.1. The van der Waals surface area contributed by atoms with Gasteiger partial charge in [-0.25, -0.2) is 4.79 Å². The molecule has 1 aromatic rings. The molecule has 0 bridgehead atoms. The molecule has 2 fully saturated rings. The molecule has 1 aliphatic carbocycles. The van der Waals surface area contributed by atoms with Crippen LogP contribution >= 0.6 is 0 Å². The minimum atomic E-state index is -0.0942. The lowest BCUT2D eigenvalue weighted by atomic mass is 10.00. The number of anilines is 2. The molecule has 27 heavy (non-hydrogen) atoms. The first-order chi connectivity index (χ1) is 13.2. The maximum atomic E-state index is 12.7. The molecule has 1 saturated carbocycles. The summed E-state index contributed by atoms with van der Waals surface area (Å²) >= 11 is 0. The van der Waals surface area contributed by atoms with Gasteiger partial charge in [0.05, 0.1) is 0 Å². The predicted octanol–water partition coefficient (Wildman–Crippen LogP) is 4.10. The second-order valence-electron chi connectivity index (χ2n) is 7.58. The Bertz CT molecular complexity index is 637. The van der Waals surface area contributed by atoms with Crippen molar-refractivity contribution in [2.75, 3.05) is 36.9 Å². The van der Waals surface area contributed by atoms with E-state index < -0.39 is 0 Å². The third-order valence-electron chi connectivity index (χ3n) is 5.60. The highest BCUT2D eigenvalue weighted by Gasteiger charge is 2.23. The fraction of sp³-hybridized carbons (Fsp3) is 0.619. The summed E-state index contributed by atoms with van der Waals surface area (Å²) in [6.45, 7) is 4.99. The van der Waals surface area contributed by atoms with Gasteiger partial charge in [-0.05, 0) is 56.7 Å². The van der Waals surface area contributed by atoms with Crippen LogP contribution in [0.3, 0.4) is 0 Å². The molecule has 3 amide bonds. The van der Waals surface area contributed by atoms with Crippen molar-refractivity contribution in [2.24, 2.45) is 11.8 Å². The minimum absolute atomic E-state index is 0.0886. The van der Waals surface area contributed by atoms with Crippen molar-refractivity contribution in [1.82, 2.24) is 4.90 Å². The smallest absolute Gasteiger partial charge is 0.321 e. The second kappa shape index (κ2) is 9.74. The maximum absolute atomic E-state index is 12.7. The number of hydrogen-bond donors (Lipinski definition) is 2. The van der Waals surface area contributed by atoms with Crippen LogP contribution in [0.25, 0.3) is 0 Å². The van der Waals surface area contributed by atoms with Crippen LogP contribution in [0, 0.1) is 11.8 Å². The molecule has 6 heteroatoms. The molecule has 0 aromatic heterocycles. The van der Waals surface area contributed by atoms with E-state index in [4.69, 9.17) is 4.74 Å². The Morgan fingerprint density at radius 1 is 1.07 bits per heavy atom. The van der Waals surface area contributed by atoms with Crippen LogP contribution in [0.2, 0.25) is 0 Å². The lowest BCUT2D eigenvalue weighted by Gasteiger charge is -2.29. The van der Waals surface area contributed by atoms with E-state index in [2.05, 4.69) is 10.6 Å². The summed E-state index contributed by atoms with van der Waals surface area (Å²) in [5, 5.41) is 5.96. The number of ether oxygens (including phenoxy) is 1. The maximum Gasteiger partial charge on any atom is 0.321 e. The van der Waals surface area contributed by atoms with Crippen LogP contribution in [0.4, 0.5) is 16.2 Å². The quantitative estimate of drug-likeness (QED) is 0.789. The van der Waals surface area contributed by atoms with E-state index >= 15 is 0 Å². The fourth-order valence-corrected chi connectivity index (χ4v) is 3.91. The SMILES string of the molecule is CCN(CC1CCOCC1)C(=O)Nc1cccc(NC(=O)C2CCCC2)c1. The molecule has 1 saturated heterocycles. The molecule has 2 N–H and O–H groups in total. The number of benzene rings is 1.